The monoisotopic (exact) mass is 270 g/mol. The van der Waals surface area contributed by atoms with Crippen molar-refractivity contribution < 1.29 is 8.42 Å². The Labute approximate surface area is 108 Å². The first kappa shape index (κ1) is 13.2. The second-order valence-corrected chi connectivity index (χ2v) is 6.48. The summed E-state index contributed by atoms with van der Waals surface area (Å²) in [7, 11) is -3.10. The molecule has 1 aliphatic heterocycles. The Morgan fingerprint density at radius 1 is 1.22 bits per heavy atom. The lowest BCUT2D eigenvalue weighted by Crippen LogP contribution is -2.34. The van der Waals surface area contributed by atoms with Crippen LogP contribution in [0, 0.1) is 6.92 Å². The minimum absolute atomic E-state index is 0.496. The van der Waals surface area contributed by atoms with Crippen LogP contribution in [0.2, 0.25) is 0 Å². The highest BCUT2D eigenvalue weighted by molar-refractivity contribution is 7.88. The lowest BCUT2D eigenvalue weighted by Gasteiger charge is -2.20. The van der Waals surface area contributed by atoms with E-state index in [1.807, 2.05) is 17.9 Å². The minimum Gasteiger partial charge on any atom is -0.339 e. The van der Waals surface area contributed by atoms with Crippen molar-refractivity contribution in [3.63, 3.8) is 0 Å². The number of nitrogens with zero attached hydrogens (tertiary/aromatic N) is 4. The third-order valence-corrected chi connectivity index (χ3v) is 4.29. The first-order valence-corrected chi connectivity index (χ1v) is 7.81. The Morgan fingerprint density at radius 3 is 2.67 bits per heavy atom. The SMILES string of the molecule is Cc1ccnc(N2CCCN(S(C)(=O)=O)CC2)n1. The number of hydrogen-bond acceptors (Lipinski definition) is 5. The fourth-order valence-corrected chi connectivity index (χ4v) is 2.89. The third kappa shape index (κ3) is 3.17. The summed E-state index contributed by atoms with van der Waals surface area (Å²) < 4.78 is 24.5. The molecule has 0 unspecified atom stereocenters. The molecule has 2 heterocycles. The first-order chi connectivity index (χ1) is 8.47. The molecule has 0 amide bonds. The molecule has 2 rings (SSSR count). The van der Waals surface area contributed by atoms with E-state index in [0.29, 0.717) is 25.6 Å². The van der Waals surface area contributed by atoms with Gasteiger partial charge in [0.15, 0.2) is 0 Å². The van der Waals surface area contributed by atoms with Crippen LogP contribution in [0.3, 0.4) is 0 Å². The fraction of sp³-hybridized carbons (Fsp3) is 0.636. The van der Waals surface area contributed by atoms with Gasteiger partial charge in [-0.3, -0.25) is 0 Å². The van der Waals surface area contributed by atoms with E-state index in [1.165, 1.54) is 10.6 Å². The molecular formula is C11H18N4O2S. The summed E-state index contributed by atoms with van der Waals surface area (Å²) in [5.41, 5.74) is 0.921. The van der Waals surface area contributed by atoms with Gasteiger partial charge in [0.1, 0.15) is 0 Å². The number of sulfonamides is 1. The molecule has 100 valence electrons. The van der Waals surface area contributed by atoms with Gasteiger partial charge in [0.2, 0.25) is 16.0 Å². The van der Waals surface area contributed by atoms with E-state index in [2.05, 4.69) is 9.97 Å². The van der Waals surface area contributed by atoms with Crippen molar-refractivity contribution in [1.82, 2.24) is 14.3 Å². The van der Waals surface area contributed by atoms with E-state index in [9.17, 15) is 8.42 Å². The average Bonchev–Trinajstić information content (AvgIpc) is 2.53. The van der Waals surface area contributed by atoms with Crippen molar-refractivity contribution in [3.8, 4) is 0 Å². The highest BCUT2D eigenvalue weighted by atomic mass is 32.2. The average molecular weight is 270 g/mol. The summed E-state index contributed by atoms with van der Waals surface area (Å²) in [6.07, 6.45) is 3.78. The van der Waals surface area contributed by atoms with E-state index >= 15 is 0 Å². The Morgan fingerprint density at radius 2 is 2.00 bits per heavy atom. The van der Waals surface area contributed by atoms with E-state index in [0.717, 1.165) is 18.7 Å². The van der Waals surface area contributed by atoms with E-state index in [-0.39, 0.29) is 0 Å². The normalized spacial score (nSPS) is 18.7. The zero-order chi connectivity index (χ0) is 13.2. The maximum atomic E-state index is 11.5. The van der Waals surface area contributed by atoms with Gasteiger partial charge in [0.25, 0.3) is 0 Å². The van der Waals surface area contributed by atoms with Crippen LogP contribution in [0.4, 0.5) is 5.95 Å². The number of aryl methyl sites for hydroxylation is 1. The summed E-state index contributed by atoms with van der Waals surface area (Å²) in [6, 6.07) is 1.85. The number of anilines is 1. The largest absolute Gasteiger partial charge is 0.339 e. The predicted molar refractivity (Wildman–Crippen MR) is 70.0 cm³/mol. The second-order valence-electron chi connectivity index (χ2n) is 4.50. The molecule has 0 aromatic carbocycles. The highest BCUT2D eigenvalue weighted by Gasteiger charge is 2.22. The lowest BCUT2D eigenvalue weighted by atomic mass is 10.4. The Hall–Kier alpha value is -1.21. The van der Waals surface area contributed by atoms with Crippen molar-refractivity contribution in [2.24, 2.45) is 0 Å². The maximum Gasteiger partial charge on any atom is 0.225 e. The summed E-state index contributed by atoms with van der Waals surface area (Å²) in [4.78, 5) is 10.7. The summed E-state index contributed by atoms with van der Waals surface area (Å²) >= 11 is 0. The molecule has 1 aromatic rings. The van der Waals surface area contributed by atoms with Gasteiger partial charge in [-0.25, -0.2) is 22.7 Å². The minimum atomic E-state index is -3.10. The van der Waals surface area contributed by atoms with Crippen LogP contribution in [0.15, 0.2) is 12.3 Å². The molecule has 1 aromatic heterocycles. The topological polar surface area (TPSA) is 66.4 Å². The van der Waals surface area contributed by atoms with Gasteiger partial charge in [-0.1, -0.05) is 0 Å². The predicted octanol–water partition coefficient (Wildman–Crippen LogP) is 0.257. The molecule has 0 bridgehead atoms. The van der Waals surface area contributed by atoms with Crippen molar-refractivity contribution in [1.29, 1.82) is 0 Å². The Balaban J connectivity index is 2.10. The van der Waals surface area contributed by atoms with Gasteiger partial charge in [-0.05, 0) is 19.4 Å². The molecule has 6 nitrogen and oxygen atoms in total. The molecule has 0 atom stereocenters. The van der Waals surface area contributed by atoms with Gasteiger partial charge in [0, 0.05) is 38.1 Å². The van der Waals surface area contributed by atoms with Gasteiger partial charge in [-0.2, -0.15) is 0 Å². The van der Waals surface area contributed by atoms with Crippen molar-refractivity contribution in [3.05, 3.63) is 18.0 Å². The molecule has 1 saturated heterocycles. The van der Waals surface area contributed by atoms with Gasteiger partial charge in [0.05, 0.1) is 6.26 Å². The lowest BCUT2D eigenvalue weighted by molar-refractivity contribution is 0.437. The van der Waals surface area contributed by atoms with E-state index < -0.39 is 10.0 Å². The summed E-state index contributed by atoms with van der Waals surface area (Å²) in [5.74, 6) is 0.686. The number of aromatic nitrogens is 2. The fourth-order valence-electron chi connectivity index (χ4n) is 2.01. The molecular weight excluding hydrogens is 252 g/mol. The highest BCUT2D eigenvalue weighted by Crippen LogP contribution is 2.12. The molecule has 0 aliphatic carbocycles. The van der Waals surface area contributed by atoms with Crippen molar-refractivity contribution in [2.45, 2.75) is 13.3 Å². The van der Waals surface area contributed by atoms with Gasteiger partial charge < -0.3 is 4.90 Å². The molecule has 1 aliphatic rings. The molecule has 1 fully saturated rings. The van der Waals surface area contributed by atoms with Crippen LogP contribution in [-0.2, 0) is 10.0 Å². The molecule has 0 saturated carbocycles. The van der Waals surface area contributed by atoms with Gasteiger partial charge in [-0.15, -0.1) is 0 Å². The standard InChI is InChI=1S/C11H18N4O2S/c1-10-4-5-12-11(13-10)14-6-3-7-15(9-8-14)18(2,16)17/h4-5H,3,6-9H2,1-2H3. The van der Waals surface area contributed by atoms with Crippen LogP contribution in [0.1, 0.15) is 12.1 Å². The number of rotatable bonds is 2. The summed E-state index contributed by atoms with van der Waals surface area (Å²) in [6.45, 7) is 4.41. The van der Waals surface area contributed by atoms with Crippen LogP contribution in [0.5, 0.6) is 0 Å². The Bertz CT molecular complexity index is 518. The Kier molecular flexibility index (Phi) is 3.82. The zero-order valence-electron chi connectivity index (χ0n) is 10.7. The van der Waals surface area contributed by atoms with Crippen LogP contribution >= 0.6 is 0 Å². The van der Waals surface area contributed by atoms with E-state index in [4.69, 9.17) is 0 Å². The molecule has 18 heavy (non-hydrogen) atoms. The second kappa shape index (κ2) is 5.19. The van der Waals surface area contributed by atoms with Crippen LogP contribution in [0.25, 0.3) is 0 Å². The van der Waals surface area contributed by atoms with Crippen LogP contribution in [-0.4, -0.2) is 55.1 Å². The summed E-state index contributed by atoms with van der Waals surface area (Å²) in [5, 5.41) is 0. The van der Waals surface area contributed by atoms with Crippen molar-refractivity contribution >= 4 is 16.0 Å². The van der Waals surface area contributed by atoms with E-state index in [1.54, 1.807) is 6.20 Å². The third-order valence-electron chi connectivity index (χ3n) is 2.99. The molecule has 0 spiro atoms. The quantitative estimate of drug-likeness (QED) is 0.771. The smallest absolute Gasteiger partial charge is 0.225 e. The first-order valence-electron chi connectivity index (χ1n) is 5.96. The maximum absolute atomic E-state index is 11.5. The zero-order valence-corrected chi connectivity index (χ0v) is 11.5. The van der Waals surface area contributed by atoms with Gasteiger partial charge >= 0.3 is 0 Å². The van der Waals surface area contributed by atoms with Crippen LogP contribution < -0.4 is 4.90 Å². The molecule has 0 N–H and O–H groups in total. The number of hydrogen-bond donors (Lipinski definition) is 0. The van der Waals surface area contributed by atoms with Crippen molar-refractivity contribution in [2.75, 3.05) is 37.3 Å². The molecule has 0 radical (unpaired) electrons. The molecule has 7 heteroatoms.